The molecule has 0 aliphatic rings. The Balaban J connectivity index is -0.000000000524. The van der Waals surface area contributed by atoms with Crippen molar-refractivity contribution in [2.24, 2.45) is 5.34 Å². The Morgan fingerprint density at radius 2 is 0.941 bits per heavy atom. The standard InChI is InChI=1S/CH4.2Ar.4ClH.N2.HNO2.H3N.2Na.2H2O/c;;;;;;;1-2;2-1-3;;;;;/h1H4;;;4*1H;;(H,2,3);1H3;;;2*1H2/q;;;;;;;;;;2*+1;;/p-2. The first-order chi connectivity index (χ1) is 2.41. The molecule has 0 amide bonds. The molecule has 0 bridgehead atoms. The molecule has 108 valence electrons. The number of halogens is 4. The van der Waals surface area contributed by atoms with Crippen molar-refractivity contribution in [2.45, 2.75) is 7.43 Å². The SMILES string of the molecule is C.Cl.Cl.N.N#[NH+].O.O.O=N[O-].[Ar].[Ar].[Cl-].[Cl-].[Na+].[Na+]. The number of nitrogens with zero attached hydrogens (tertiary/aromatic N) is 2. The van der Waals surface area contributed by atoms with Crippen LogP contribution in [0.4, 0.5) is 0 Å². The van der Waals surface area contributed by atoms with Gasteiger partial charge in [0.05, 0.1) is 5.39 Å². The Morgan fingerprint density at radius 1 is 0.941 bits per heavy atom. The zero-order valence-corrected chi connectivity index (χ0v) is 16.8. The van der Waals surface area contributed by atoms with Gasteiger partial charge in [-0.3, -0.25) is 0 Å². The van der Waals surface area contributed by atoms with Crippen LogP contribution in [0.2, 0.25) is 0 Å². The van der Waals surface area contributed by atoms with E-state index in [-0.39, 0.29) is 209 Å². The first kappa shape index (κ1) is 163. The van der Waals surface area contributed by atoms with E-state index in [0.717, 1.165) is 5.34 Å². The topological polar surface area (TPSA) is 198 Å². The molecule has 17 heavy (non-hydrogen) atoms. The summed E-state index contributed by atoms with van der Waals surface area (Å²) in [6.07, 6.45) is 0. The third kappa shape index (κ3) is 359. The number of nitrogens with one attached hydrogen (secondary N) is 1. The van der Waals surface area contributed by atoms with Crippen LogP contribution in [0.1, 0.15) is 7.43 Å². The summed E-state index contributed by atoms with van der Waals surface area (Å²) in [5, 5.41) is 20.0. The van der Waals surface area contributed by atoms with Gasteiger partial charge in [-0.25, -0.2) is 0 Å². The maximum atomic E-state index is 8.00. The minimum Gasteiger partial charge on any atom is -1.00 e. The van der Waals surface area contributed by atoms with Crippen molar-refractivity contribution in [2.75, 3.05) is 0 Å². The van der Waals surface area contributed by atoms with Crippen LogP contribution in [0, 0.1) is 91.0 Å². The Kier molecular flexibility index (Phi) is 2540. The van der Waals surface area contributed by atoms with Crippen LogP contribution in [-0.2, 0) is 0 Å². The van der Waals surface area contributed by atoms with Crippen molar-refractivity contribution in [3.8, 4) is 0 Å². The van der Waals surface area contributed by atoms with Gasteiger partial charge in [-0.05, 0) is 0 Å². The molecule has 0 atom stereocenters. The molecule has 8 nitrogen and oxygen atoms in total. The zero-order chi connectivity index (χ0) is 4.71. The van der Waals surface area contributed by atoms with Gasteiger partial charge in [0.1, 0.15) is 0 Å². The van der Waals surface area contributed by atoms with Crippen LogP contribution in [0.25, 0.3) is 0 Å². The molecule has 0 radical (unpaired) electrons. The molecule has 0 saturated carbocycles. The van der Waals surface area contributed by atoms with Gasteiger partial charge in [-0.2, -0.15) is 0 Å². The maximum absolute atomic E-state index is 8.00. The van der Waals surface area contributed by atoms with Gasteiger partial charge in [0.15, 0.2) is 0 Å². The number of hydrogen-bond acceptors (Lipinski definition) is 5. The second-order valence-corrected chi connectivity index (χ2v) is 0.0745. The first-order valence-electron chi connectivity index (χ1n) is 0.589. The van der Waals surface area contributed by atoms with Crippen LogP contribution in [0.3, 0.4) is 0 Å². The van der Waals surface area contributed by atoms with E-state index in [9.17, 15) is 0 Å². The van der Waals surface area contributed by atoms with E-state index in [1.807, 2.05) is 0 Å². The molecule has 0 spiro atoms. The van der Waals surface area contributed by atoms with E-state index in [1.165, 1.54) is 0 Å². The average Bonchev–Trinajstić information content (AvgIpc) is 1.46. The van der Waals surface area contributed by atoms with E-state index < -0.39 is 0 Å². The predicted molar refractivity (Wildman–Crippen MR) is 45.3 cm³/mol. The van der Waals surface area contributed by atoms with Gasteiger partial charge >= 0.3 is 59.1 Å². The van der Waals surface area contributed by atoms with Gasteiger partial charge in [-0.1, -0.05) is 7.43 Å². The van der Waals surface area contributed by atoms with Crippen LogP contribution >= 0.6 is 24.8 Å². The number of hydrogen-bond donors (Lipinski definition) is 2. The summed E-state index contributed by atoms with van der Waals surface area (Å²) in [5.74, 6) is 0. The molecule has 0 rings (SSSR count). The fourth-order valence-electron chi connectivity index (χ4n) is 0. The van der Waals surface area contributed by atoms with Crippen molar-refractivity contribution in [1.82, 2.24) is 6.15 Å². The first-order valence-corrected chi connectivity index (χ1v) is 0.589. The van der Waals surface area contributed by atoms with Crippen LogP contribution in [0.15, 0.2) is 5.34 Å². The number of diazo groups is 1. The van der Waals surface area contributed by atoms with E-state index in [2.05, 4.69) is 0 Å². The molecule has 0 aromatic rings. The van der Waals surface area contributed by atoms with E-state index in [1.54, 1.807) is 0 Å². The van der Waals surface area contributed by atoms with Gasteiger partial charge in [0, 0.05) is 75.5 Å². The Hall–Kier alpha value is 4.38. The molecule has 0 aromatic heterocycles. The Bertz CT molecular complexity index is 65.8. The van der Waals surface area contributed by atoms with Crippen molar-refractivity contribution in [3.05, 3.63) is 10.1 Å². The summed E-state index contributed by atoms with van der Waals surface area (Å²) in [4.78, 5) is 8.00. The predicted octanol–water partition coefficient (Wildman–Crippen LogP) is -13.5. The summed E-state index contributed by atoms with van der Waals surface area (Å²) in [7, 11) is 0. The fourth-order valence-corrected chi connectivity index (χ4v) is 0. The number of rotatable bonds is 0. The van der Waals surface area contributed by atoms with Gasteiger partial charge < -0.3 is 52.0 Å². The summed E-state index contributed by atoms with van der Waals surface area (Å²) in [6.45, 7) is 0. The fraction of sp³-hybridized carbons (Fsp3) is 1.00. The minimum absolute atomic E-state index is 0. The molecule has 0 aliphatic heterocycles. The average molecular weight is 414 g/mol. The van der Waals surface area contributed by atoms with Crippen molar-refractivity contribution < 1.29 is 176 Å². The Labute approximate surface area is 230 Å². The monoisotopic (exact) mass is 412 g/mol. The van der Waals surface area contributed by atoms with E-state index >= 15 is 0 Å². The molecule has 0 aromatic carbocycles. The quantitative estimate of drug-likeness (QED) is 0.172. The summed E-state index contributed by atoms with van der Waals surface area (Å²) in [5.41, 5.74) is 0. The maximum Gasteiger partial charge on any atom is 1.00 e. The molecular weight excluding hydrogens is 400 g/mol. The second kappa shape index (κ2) is 264. The molecule has 0 aliphatic carbocycles. The summed E-state index contributed by atoms with van der Waals surface area (Å²) in [6, 6.07) is 0. The largest absolute Gasteiger partial charge is 1.00 e. The Morgan fingerprint density at radius 3 is 0.941 bits per heavy atom. The van der Waals surface area contributed by atoms with Crippen LogP contribution in [0.5, 0.6) is 0 Å². The van der Waals surface area contributed by atoms with Crippen molar-refractivity contribution >= 4 is 24.8 Å². The molecule has 0 heterocycles. The van der Waals surface area contributed by atoms with E-state index in [4.69, 9.17) is 20.9 Å². The summed E-state index contributed by atoms with van der Waals surface area (Å²) < 4.78 is 0. The molecule has 0 saturated heterocycles. The minimum atomic E-state index is 0. The van der Waals surface area contributed by atoms with Crippen molar-refractivity contribution in [3.63, 3.8) is 0 Å². The molecule has 8 N–H and O–H groups in total. The van der Waals surface area contributed by atoms with E-state index in [0.29, 0.717) is 0 Å². The van der Waals surface area contributed by atoms with Gasteiger partial charge in [0.25, 0.3) is 0 Å². The molecular formula is CH14Ar2Cl4N4Na2O4. The molecule has 0 unspecified atom stereocenters. The molecule has 16 heteroatoms. The third-order valence-corrected chi connectivity index (χ3v) is 0. The normalized spacial score (nSPS) is 0.824. The summed E-state index contributed by atoms with van der Waals surface area (Å²) >= 11 is 0. The zero-order valence-electron chi connectivity index (χ0n) is 8.20. The van der Waals surface area contributed by atoms with Crippen LogP contribution < -0.4 is 95.5 Å². The van der Waals surface area contributed by atoms with Gasteiger partial charge in [0.2, 0.25) is 5.39 Å². The van der Waals surface area contributed by atoms with Crippen LogP contribution in [-0.4, -0.2) is 11.0 Å². The third-order valence-electron chi connectivity index (χ3n) is 0. The second-order valence-electron chi connectivity index (χ2n) is 0.0745. The van der Waals surface area contributed by atoms with Gasteiger partial charge in [-0.15, -0.1) is 30.2 Å². The smallest absolute Gasteiger partial charge is 1.00 e. The van der Waals surface area contributed by atoms with Crippen molar-refractivity contribution in [1.29, 1.82) is 5.39 Å². The molecule has 0 fully saturated rings.